The molecule has 0 saturated carbocycles. The summed E-state index contributed by atoms with van der Waals surface area (Å²) in [7, 11) is -3.01. The lowest BCUT2D eigenvalue weighted by atomic mass is 10.1. The summed E-state index contributed by atoms with van der Waals surface area (Å²) >= 11 is 1.32. The molecule has 0 fully saturated rings. The number of nitrogens with one attached hydrogen (secondary N) is 1. The zero-order chi connectivity index (χ0) is 22.7. The summed E-state index contributed by atoms with van der Waals surface area (Å²) in [5.74, 6) is -0.823. The minimum absolute atomic E-state index is 0.297. The Kier molecular flexibility index (Phi) is 6.29. The van der Waals surface area contributed by atoms with E-state index in [0.29, 0.717) is 22.1 Å². The smallest absolute Gasteiger partial charge is 0.257 e. The van der Waals surface area contributed by atoms with E-state index in [0.717, 1.165) is 21.1 Å². The molecule has 4 rings (SSSR count). The van der Waals surface area contributed by atoms with E-state index in [2.05, 4.69) is 10.3 Å². The molecule has 0 unspecified atom stereocenters. The monoisotopic (exact) mass is 467 g/mol. The molecule has 1 aromatic heterocycles. The average molecular weight is 468 g/mol. The number of aromatic nitrogens is 1. The number of carbonyl (C=O) groups is 1. The van der Waals surface area contributed by atoms with Crippen LogP contribution in [0.25, 0.3) is 11.3 Å². The summed E-state index contributed by atoms with van der Waals surface area (Å²) in [6, 6.07) is 19.1. The van der Waals surface area contributed by atoms with E-state index in [-0.39, 0.29) is 5.91 Å². The minimum Gasteiger partial charge on any atom is -0.298 e. The molecule has 0 radical (unpaired) electrons. The summed E-state index contributed by atoms with van der Waals surface area (Å²) in [4.78, 5) is 17.1. The van der Waals surface area contributed by atoms with Crippen LogP contribution in [0.1, 0.15) is 15.9 Å². The zero-order valence-electron chi connectivity index (χ0n) is 16.9. The Morgan fingerprint density at radius 3 is 2.12 bits per heavy atom. The van der Waals surface area contributed by atoms with Gasteiger partial charge in [0.2, 0.25) is 10.9 Å². The Morgan fingerprint density at radius 1 is 0.938 bits per heavy atom. The molecule has 162 valence electrons. The number of hydrogen-bond acceptors (Lipinski definition) is 5. The van der Waals surface area contributed by atoms with Gasteiger partial charge in [-0.25, -0.2) is 22.1 Å². The normalized spacial score (nSPS) is 10.8. The van der Waals surface area contributed by atoms with Crippen molar-refractivity contribution in [2.75, 3.05) is 9.62 Å². The van der Waals surface area contributed by atoms with Crippen molar-refractivity contribution in [1.29, 1.82) is 0 Å². The van der Waals surface area contributed by atoms with E-state index in [1.807, 2.05) is 36.6 Å². The van der Waals surface area contributed by atoms with Crippen molar-refractivity contribution in [2.45, 2.75) is 6.92 Å². The van der Waals surface area contributed by atoms with Crippen molar-refractivity contribution < 1.29 is 17.6 Å². The first-order valence-corrected chi connectivity index (χ1v) is 11.6. The van der Waals surface area contributed by atoms with E-state index in [4.69, 9.17) is 0 Å². The molecule has 0 aliphatic heterocycles. The van der Waals surface area contributed by atoms with Crippen molar-refractivity contribution in [3.63, 3.8) is 0 Å². The summed E-state index contributed by atoms with van der Waals surface area (Å²) in [5.41, 5.74) is 3.87. The van der Waals surface area contributed by atoms with Gasteiger partial charge >= 0.3 is 0 Å². The number of thiazole rings is 1. The van der Waals surface area contributed by atoms with Crippen molar-refractivity contribution in [3.8, 4) is 11.3 Å². The van der Waals surface area contributed by atoms with Gasteiger partial charge in [-0.1, -0.05) is 29.8 Å². The van der Waals surface area contributed by atoms with Gasteiger partial charge in [0.25, 0.3) is 5.91 Å². The molecule has 1 heterocycles. The Bertz CT molecular complexity index is 1310. The second-order valence-corrected chi connectivity index (χ2v) is 8.66. The first-order chi connectivity index (χ1) is 15.4. The van der Waals surface area contributed by atoms with Crippen LogP contribution >= 0.6 is 11.3 Å². The van der Waals surface area contributed by atoms with Gasteiger partial charge in [0, 0.05) is 16.5 Å². The molecule has 9 heteroatoms. The van der Waals surface area contributed by atoms with Gasteiger partial charge < -0.3 is 0 Å². The fourth-order valence-electron chi connectivity index (χ4n) is 3.03. The van der Waals surface area contributed by atoms with Crippen LogP contribution < -0.4 is 9.62 Å². The van der Waals surface area contributed by atoms with Crippen LogP contribution in [0, 0.1) is 12.7 Å². The Labute approximate surface area is 190 Å². The molecular formula is C23H18FN3O3S2. The van der Waals surface area contributed by atoms with Crippen molar-refractivity contribution >= 4 is 44.6 Å². The van der Waals surface area contributed by atoms with Crippen LogP contribution in [-0.2, 0) is 10.9 Å². The highest BCUT2D eigenvalue weighted by atomic mass is 32.2. The molecule has 0 aliphatic carbocycles. The van der Waals surface area contributed by atoms with Crippen molar-refractivity contribution in [3.05, 3.63) is 95.1 Å². The number of carbonyl (C=O) groups excluding carboxylic acids is 1. The summed E-state index contributed by atoms with van der Waals surface area (Å²) < 4.78 is 37.7. The molecule has 3 aromatic carbocycles. The second kappa shape index (κ2) is 9.29. The molecule has 1 amide bonds. The first kappa shape index (κ1) is 21.7. The molecule has 6 nitrogen and oxygen atoms in total. The average Bonchev–Trinajstić information content (AvgIpc) is 3.24. The number of halogens is 1. The largest absolute Gasteiger partial charge is 0.298 e. The number of anilines is 3. The van der Waals surface area contributed by atoms with Crippen LogP contribution in [0.5, 0.6) is 0 Å². The standard InChI is InChI=1S/C23H18FN3O3S2/c1-15-2-4-16(5-3-15)21-14-31-23(25-21)26-22(28)17-6-10-19(11-7-17)27(32(29)30)20-12-8-18(24)9-13-20/h2-14,32H,1H3,(H,25,26,28). The SMILES string of the molecule is Cc1ccc(-c2csc(NC(=O)c3ccc(N(c4ccc(F)cc4)[SH](=O)=O)cc3)n2)cc1. The summed E-state index contributed by atoms with van der Waals surface area (Å²) in [6.07, 6.45) is 0. The van der Waals surface area contributed by atoms with Gasteiger partial charge in [0.15, 0.2) is 5.13 Å². The quantitative estimate of drug-likeness (QED) is 0.383. The second-order valence-electron chi connectivity index (χ2n) is 6.93. The fourth-order valence-corrected chi connectivity index (χ4v) is 4.39. The first-order valence-electron chi connectivity index (χ1n) is 9.55. The maximum atomic E-state index is 13.2. The molecule has 1 N–H and O–H groups in total. The number of nitrogens with zero attached hydrogens (tertiary/aromatic N) is 2. The highest BCUT2D eigenvalue weighted by Crippen LogP contribution is 2.28. The summed E-state index contributed by atoms with van der Waals surface area (Å²) in [5, 5.41) is 5.10. The van der Waals surface area contributed by atoms with Crippen LogP contribution in [0.4, 0.5) is 20.9 Å². The summed E-state index contributed by atoms with van der Waals surface area (Å²) in [6.45, 7) is 2.01. The van der Waals surface area contributed by atoms with E-state index in [9.17, 15) is 17.6 Å². The molecule has 4 aromatic rings. The number of benzene rings is 3. The van der Waals surface area contributed by atoms with Gasteiger partial charge in [0.1, 0.15) is 5.82 Å². The van der Waals surface area contributed by atoms with Crippen LogP contribution in [0.2, 0.25) is 0 Å². The third-order valence-corrected chi connectivity index (χ3v) is 6.23. The third kappa shape index (κ3) is 4.84. The van der Waals surface area contributed by atoms with Crippen molar-refractivity contribution in [2.24, 2.45) is 0 Å². The third-order valence-electron chi connectivity index (χ3n) is 4.68. The van der Waals surface area contributed by atoms with Crippen LogP contribution in [0.3, 0.4) is 0 Å². The Hall–Kier alpha value is -3.56. The topological polar surface area (TPSA) is 79.4 Å². The molecule has 0 saturated heterocycles. The molecule has 0 atom stereocenters. The highest BCUT2D eigenvalue weighted by molar-refractivity contribution is 7.74. The number of aryl methyl sites for hydroxylation is 1. The minimum atomic E-state index is -3.01. The predicted molar refractivity (Wildman–Crippen MR) is 126 cm³/mol. The lowest BCUT2D eigenvalue weighted by Gasteiger charge is -2.18. The van der Waals surface area contributed by atoms with E-state index >= 15 is 0 Å². The van der Waals surface area contributed by atoms with E-state index in [1.165, 1.54) is 59.9 Å². The lowest BCUT2D eigenvalue weighted by Crippen LogP contribution is -2.15. The van der Waals surface area contributed by atoms with Gasteiger partial charge in [0.05, 0.1) is 17.1 Å². The highest BCUT2D eigenvalue weighted by Gasteiger charge is 2.14. The predicted octanol–water partition coefficient (Wildman–Crippen LogP) is 5.17. The molecule has 0 bridgehead atoms. The zero-order valence-corrected chi connectivity index (χ0v) is 18.6. The van der Waals surface area contributed by atoms with Crippen LogP contribution in [0.15, 0.2) is 78.2 Å². The molecule has 0 aliphatic rings. The maximum Gasteiger partial charge on any atom is 0.257 e. The maximum absolute atomic E-state index is 13.2. The molecule has 0 spiro atoms. The van der Waals surface area contributed by atoms with Crippen molar-refractivity contribution in [1.82, 2.24) is 4.98 Å². The number of thiol groups is 1. The van der Waals surface area contributed by atoms with Gasteiger partial charge in [-0.15, -0.1) is 11.3 Å². The number of rotatable bonds is 6. The number of amides is 1. The van der Waals surface area contributed by atoms with Gasteiger partial charge in [-0.2, -0.15) is 0 Å². The number of hydrogen-bond donors (Lipinski definition) is 2. The lowest BCUT2D eigenvalue weighted by molar-refractivity contribution is 0.102. The molecule has 32 heavy (non-hydrogen) atoms. The van der Waals surface area contributed by atoms with Crippen LogP contribution in [-0.4, -0.2) is 19.3 Å². The van der Waals surface area contributed by atoms with Gasteiger partial charge in [-0.3, -0.25) is 10.1 Å². The van der Waals surface area contributed by atoms with Gasteiger partial charge in [-0.05, 0) is 55.5 Å². The molecular weight excluding hydrogens is 449 g/mol. The Balaban J connectivity index is 1.49. The van der Waals surface area contributed by atoms with E-state index < -0.39 is 16.7 Å². The fraction of sp³-hybridized carbons (Fsp3) is 0.0435. The Morgan fingerprint density at radius 2 is 1.53 bits per heavy atom. The van der Waals surface area contributed by atoms with E-state index in [1.54, 1.807) is 0 Å².